The topological polar surface area (TPSA) is 131 Å². The zero-order chi connectivity index (χ0) is 27.4. The van der Waals surface area contributed by atoms with Crippen LogP contribution in [0.25, 0.3) is 0 Å². The third-order valence-electron chi connectivity index (χ3n) is 5.55. The van der Waals surface area contributed by atoms with Crippen LogP contribution in [0.4, 0.5) is 17.1 Å². The molecule has 10 nitrogen and oxygen atoms in total. The first-order valence-electron chi connectivity index (χ1n) is 11.0. The molecular formula is C25H29N3O7S2. The largest absolute Gasteiger partial charge is 0.493 e. The lowest BCUT2D eigenvalue weighted by Crippen LogP contribution is -2.37. The van der Waals surface area contributed by atoms with Gasteiger partial charge < -0.3 is 14.8 Å². The van der Waals surface area contributed by atoms with Crippen LogP contribution in [0, 0.1) is 13.8 Å². The van der Waals surface area contributed by atoms with Crippen LogP contribution in [0.2, 0.25) is 0 Å². The lowest BCUT2D eigenvalue weighted by atomic mass is 10.1. The highest BCUT2D eigenvalue weighted by Crippen LogP contribution is 2.32. The molecular weight excluding hydrogens is 518 g/mol. The van der Waals surface area contributed by atoms with Gasteiger partial charge >= 0.3 is 0 Å². The quantitative estimate of drug-likeness (QED) is 0.397. The van der Waals surface area contributed by atoms with E-state index in [-0.39, 0.29) is 10.6 Å². The predicted octanol–water partition coefficient (Wildman–Crippen LogP) is 3.53. The number of methoxy groups -OCH3 is 2. The van der Waals surface area contributed by atoms with Crippen molar-refractivity contribution in [2.24, 2.45) is 0 Å². The van der Waals surface area contributed by atoms with Gasteiger partial charge in [-0.1, -0.05) is 6.07 Å². The van der Waals surface area contributed by atoms with Crippen molar-refractivity contribution in [3.63, 3.8) is 0 Å². The van der Waals surface area contributed by atoms with Crippen LogP contribution in [-0.4, -0.2) is 49.8 Å². The van der Waals surface area contributed by atoms with Gasteiger partial charge in [0.2, 0.25) is 15.9 Å². The number of carbonyl (C=O) groups excluding carboxylic acids is 1. The van der Waals surface area contributed by atoms with Crippen molar-refractivity contribution in [3.05, 3.63) is 71.8 Å². The van der Waals surface area contributed by atoms with Gasteiger partial charge in [0, 0.05) is 17.4 Å². The molecule has 3 rings (SSSR count). The summed E-state index contributed by atoms with van der Waals surface area (Å²) >= 11 is 0. The van der Waals surface area contributed by atoms with E-state index in [1.165, 1.54) is 56.7 Å². The molecule has 0 aliphatic rings. The lowest BCUT2D eigenvalue weighted by molar-refractivity contribution is -0.114. The zero-order valence-corrected chi connectivity index (χ0v) is 22.7. The highest BCUT2D eigenvalue weighted by atomic mass is 32.2. The molecule has 0 saturated carbocycles. The Kier molecular flexibility index (Phi) is 8.34. The highest BCUT2D eigenvalue weighted by Gasteiger charge is 2.23. The number of amides is 1. The number of sulfonamides is 2. The molecule has 0 atom stereocenters. The Bertz CT molecular complexity index is 1500. The molecule has 0 radical (unpaired) electrons. The smallest absolute Gasteiger partial charge is 0.261 e. The molecule has 0 heterocycles. The second-order valence-electron chi connectivity index (χ2n) is 8.29. The van der Waals surface area contributed by atoms with Crippen LogP contribution in [0.1, 0.15) is 11.1 Å². The van der Waals surface area contributed by atoms with E-state index in [2.05, 4.69) is 10.0 Å². The van der Waals surface area contributed by atoms with Gasteiger partial charge in [0.1, 0.15) is 6.54 Å². The lowest BCUT2D eigenvalue weighted by Gasteiger charge is -2.23. The molecule has 0 bridgehead atoms. The van der Waals surface area contributed by atoms with Crippen molar-refractivity contribution in [2.75, 3.05) is 41.4 Å². The first-order chi connectivity index (χ1) is 17.3. The first kappa shape index (κ1) is 27.8. The van der Waals surface area contributed by atoms with Gasteiger partial charge in [0.05, 0.1) is 31.1 Å². The summed E-state index contributed by atoms with van der Waals surface area (Å²) in [6.07, 6.45) is 0.985. The van der Waals surface area contributed by atoms with Gasteiger partial charge in [0.15, 0.2) is 11.5 Å². The predicted molar refractivity (Wildman–Crippen MR) is 144 cm³/mol. The maximum atomic E-state index is 12.8. The van der Waals surface area contributed by atoms with Crippen LogP contribution in [0.15, 0.2) is 65.6 Å². The van der Waals surface area contributed by atoms with Crippen LogP contribution >= 0.6 is 0 Å². The molecule has 1 amide bonds. The van der Waals surface area contributed by atoms with Gasteiger partial charge in [-0.05, 0) is 73.5 Å². The Hall–Kier alpha value is -3.77. The Balaban J connectivity index is 1.74. The maximum Gasteiger partial charge on any atom is 0.261 e. The third kappa shape index (κ3) is 6.92. The van der Waals surface area contributed by atoms with E-state index < -0.39 is 32.5 Å². The van der Waals surface area contributed by atoms with Crippen LogP contribution in [0.5, 0.6) is 11.5 Å². The minimum atomic E-state index is -3.85. The van der Waals surface area contributed by atoms with E-state index in [9.17, 15) is 21.6 Å². The second-order valence-corrected chi connectivity index (χ2v) is 11.9. The molecule has 0 fully saturated rings. The van der Waals surface area contributed by atoms with E-state index in [0.717, 1.165) is 21.7 Å². The SMILES string of the molecule is COc1ccc(N(CC(=O)Nc2ccc(S(=O)(=O)Nc3ccc(C)c(C)c3)cc2)S(C)(=O)=O)cc1OC. The van der Waals surface area contributed by atoms with Crippen molar-refractivity contribution in [1.29, 1.82) is 0 Å². The normalized spacial score (nSPS) is 11.5. The Morgan fingerprint density at radius 2 is 1.43 bits per heavy atom. The van der Waals surface area contributed by atoms with Gasteiger partial charge in [-0.3, -0.25) is 13.8 Å². The number of nitrogens with one attached hydrogen (secondary N) is 2. The second kappa shape index (κ2) is 11.1. The minimum Gasteiger partial charge on any atom is -0.493 e. The molecule has 12 heteroatoms. The summed E-state index contributed by atoms with van der Waals surface area (Å²) in [4.78, 5) is 12.7. The number of rotatable bonds is 10. The van der Waals surface area contributed by atoms with Crippen LogP contribution < -0.4 is 23.8 Å². The van der Waals surface area contributed by atoms with Gasteiger partial charge in [-0.25, -0.2) is 16.8 Å². The van der Waals surface area contributed by atoms with Gasteiger partial charge in [-0.15, -0.1) is 0 Å². The molecule has 2 N–H and O–H groups in total. The average Bonchev–Trinajstić information content (AvgIpc) is 2.84. The fourth-order valence-electron chi connectivity index (χ4n) is 3.45. The van der Waals surface area contributed by atoms with Crippen molar-refractivity contribution >= 4 is 43.0 Å². The monoisotopic (exact) mass is 547 g/mol. The first-order valence-corrected chi connectivity index (χ1v) is 14.4. The van der Waals surface area contributed by atoms with Gasteiger partial charge in [0.25, 0.3) is 10.0 Å². The van der Waals surface area contributed by atoms with E-state index in [1.54, 1.807) is 12.1 Å². The van der Waals surface area contributed by atoms with Crippen molar-refractivity contribution in [1.82, 2.24) is 0 Å². The van der Waals surface area contributed by atoms with Crippen molar-refractivity contribution in [3.8, 4) is 11.5 Å². The molecule has 0 aromatic heterocycles. The minimum absolute atomic E-state index is 0.00631. The fourth-order valence-corrected chi connectivity index (χ4v) is 5.35. The van der Waals surface area contributed by atoms with Crippen LogP contribution in [-0.2, 0) is 24.8 Å². The summed E-state index contributed by atoms with van der Waals surface area (Å²) in [7, 11) is -4.80. The molecule has 37 heavy (non-hydrogen) atoms. The fraction of sp³-hybridized carbons (Fsp3) is 0.240. The molecule has 3 aromatic rings. The summed E-state index contributed by atoms with van der Waals surface area (Å²) in [5.74, 6) is 0.0931. The Morgan fingerprint density at radius 3 is 2.00 bits per heavy atom. The number of nitrogens with zero attached hydrogens (tertiary/aromatic N) is 1. The number of hydrogen-bond acceptors (Lipinski definition) is 7. The summed E-state index contributed by atoms with van der Waals surface area (Å²) in [6, 6.07) is 15.3. The standard InChI is InChI=1S/C25H29N3O7S2/c1-17-6-7-20(14-18(17)2)27-37(32,33)22-11-8-19(9-12-22)26-25(29)16-28(36(5,30)31)21-10-13-23(34-3)24(15-21)35-4/h6-15,27H,16H2,1-5H3,(H,26,29). The average molecular weight is 548 g/mol. The van der Waals surface area contributed by atoms with E-state index in [0.29, 0.717) is 22.9 Å². The van der Waals surface area contributed by atoms with Crippen LogP contribution in [0.3, 0.4) is 0 Å². The van der Waals surface area contributed by atoms with Crippen molar-refractivity contribution < 1.29 is 31.1 Å². The molecule has 0 saturated heterocycles. The molecule has 198 valence electrons. The number of ether oxygens (including phenoxy) is 2. The Morgan fingerprint density at radius 1 is 0.811 bits per heavy atom. The molecule has 0 spiro atoms. The van der Waals surface area contributed by atoms with Gasteiger partial charge in [-0.2, -0.15) is 0 Å². The summed E-state index contributed by atoms with van der Waals surface area (Å²) < 4.78 is 64.2. The summed E-state index contributed by atoms with van der Waals surface area (Å²) in [5.41, 5.74) is 2.96. The van der Waals surface area contributed by atoms with E-state index in [1.807, 2.05) is 19.9 Å². The number of carbonyl (C=O) groups is 1. The zero-order valence-electron chi connectivity index (χ0n) is 21.1. The number of hydrogen-bond donors (Lipinski definition) is 2. The van der Waals surface area contributed by atoms with E-state index >= 15 is 0 Å². The van der Waals surface area contributed by atoms with E-state index in [4.69, 9.17) is 9.47 Å². The van der Waals surface area contributed by atoms with Crippen molar-refractivity contribution in [2.45, 2.75) is 18.7 Å². The number of benzene rings is 3. The maximum absolute atomic E-state index is 12.8. The third-order valence-corrected chi connectivity index (χ3v) is 8.09. The molecule has 0 aliphatic carbocycles. The molecule has 0 aliphatic heterocycles. The molecule has 3 aromatic carbocycles. The highest BCUT2D eigenvalue weighted by molar-refractivity contribution is 7.92. The number of aryl methyl sites for hydroxylation is 2. The Labute approximate surface area is 217 Å². The summed E-state index contributed by atoms with van der Waals surface area (Å²) in [6.45, 7) is 3.31. The summed E-state index contributed by atoms with van der Waals surface area (Å²) in [5, 5.41) is 2.59. The number of anilines is 3. The molecule has 0 unspecified atom stereocenters.